The molecule has 1 N–H and O–H groups in total. The van der Waals surface area contributed by atoms with Gasteiger partial charge in [-0.1, -0.05) is 0 Å². The lowest BCUT2D eigenvalue weighted by molar-refractivity contribution is 0.905. The molecule has 68 valence electrons. The lowest BCUT2D eigenvalue weighted by atomic mass is 10.2. The van der Waals surface area contributed by atoms with Crippen LogP contribution in [0.5, 0.6) is 0 Å². The highest BCUT2D eigenvalue weighted by Crippen LogP contribution is 2.11. The number of nitrogens with one attached hydrogen (secondary N) is 1. The molecule has 1 aromatic rings. The molecular formula is C11H14N2. The molecule has 13 heavy (non-hydrogen) atoms. The fraction of sp³-hybridized carbons (Fsp3) is 0.364. The molecule has 1 heterocycles. The summed E-state index contributed by atoms with van der Waals surface area (Å²) in [7, 11) is 0. The van der Waals surface area contributed by atoms with E-state index in [2.05, 4.69) is 16.2 Å². The van der Waals surface area contributed by atoms with E-state index in [0.29, 0.717) is 0 Å². The van der Waals surface area contributed by atoms with E-state index in [1.54, 1.807) is 6.20 Å². The third-order valence-corrected chi connectivity index (χ3v) is 1.83. The van der Waals surface area contributed by atoms with E-state index >= 15 is 0 Å². The van der Waals surface area contributed by atoms with Crippen molar-refractivity contribution in [3.63, 3.8) is 0 Å². The number of rotatable bonds is 4. The van der Waals surface area contributed by atoms with Crippen molar-refractivity contribution < 1.29 is 0 Å². The van der Waals surface area contributed by atoms with E-state index in [-0.39, 0.29) is 0 Å². The summed E-state index contributed by atoms with van der Waals surface area (Å²) in [4.78, 5) is 4.02. The summed E-state index contributed by atoms with van der Waals surface area (Å²) in [6.45, 7) is 2.96. The average Bonchev–Trinajstić information content (AvgIpc) is 2.15. The van der Waals surface area contributed by atoms with Crippen LogP contribution in [0.15, 0.2) is 18.5 Å². The van der Waals surface area contributed by atoms with Crippen LogP contribution < -0.4 is 5.32 Å². The van der Waals surface area contributed by atoms with Crippen molar-refractivity contribution in [2.24, 2.45) is 0 Å². The first-order valence-electron chi connectivity index (χ1n) is 4.42. The van der Waals surface area contributed by atoms with Crippen LogP contribution in [0.2, 0.25) is 0 Å². The number of aryl methyl sites for hydroxylation is 1. The Kier molecular flexibility index (Phi) is 3.84. The Labute approximate surface area is 79.4 Å². The zero-order chi connectivity index (χ0) is 9.52. The molecule has 0 atom stereocenters. The number of hydrogen-bond donors (Lipinski definition) is 1. The van der Waals surface area contributed by atoms with E-state index in [0.717, 1.165) is 25.1 Å². The quantitative estimate of drug-likeness (QED) is 0.559. The minimum absolute atomic E-state index is 0.830. The molecule has 0 aromatic carbocycles. The molecule has 0 radical (unpaired) electrons. The van der Waals surface area contributed by atoms with Crippen molar-refractivity contribution in [2.75, 3.05) is 11.9 Å². The zero-order valence-corrected chi connectivity index (χ0v) is 7.88. The van der Waals surface area contributed by atoms with Crippen molar-refractivity contribution in [3.05, 3.63) is 24.0 Å². The first kappa shape index (κ1) is 9.60. The zero-order valence-electron chi connectivity index (χ0n) is 7.88. The molecule has 1 aromatic heterocycles. The van der Waals surface area contributed by atoms with Crippen molar-refractivity contribution >= 4 is 5.69 Å². The molecular weight excluding hydrogens is 160 g/mol. The van der Waals surface area contributed by atoms with Crippen molar-refractivity contribution in [2.45, 2.75) is 19.8 Å². The van der Waals surface area contributed by atoms with Crippen molar-refractivity contribution in [1.29, 1.82) is 0 Å². The first-order chi connectivity index (χ1) is 6.34. The molecule has 2 heteroatoms. The first-order valence-corrected chi connectivity index (χ1v) is 4.42. The van der Waals surface area contributed by atoms with Gasteiger partial charge in [0.1, 0.15) is 0 Å². The monoisotopic (exact) mass is 174 g/mol. The number of hydrogen-bond acceptors (Lipinski definition) is 2. The summed E-state index contributed by atoms with van der Waals surface area (Å²) in [5, 5.41) is 3.31. The van der Waals surface area contributed by atoms with Crippen molar-refractivity contribution in [1.82, 2.24) is 4.98 Å². The molecule has 2 nitrogen and oxygen atoms in total. The molecule has 0 aliphatic carbocycles. The summed E-state index contributed by atoms with van der Waals surface area (Å²) >= 11 is 0. The third-order valence-electron chi connectivity index (χ3n) is 1.83. The van der Waals surface area contributed by atoms with Crippen LogP contribution in [-0.2, 0) is 0 Å². The topological polar surface area (TPSA) is 24.9 Å². The Morgan fingerprint density at radius 3 is 3.15 bits per heavy atom. The Balaban J connectivity index is 2.37. The van der Waals surface area contributed by atoms with E-state index in [1.165, 1.54) is 5.56 Å². The van der Waals surface area contributed by atoms with Crippen LogP contribution in [0.3, 0.4) is 0 Å². The fourth-order valence-corrected chi connectivity index (χ4v) is 1.09. The highest BCUT2D eigenvalue weighted by molar-refractivity contribution is 5.48. The van der Waals surface area contributed by atoms with Gasteiger partial charge < -0.3 is 5.32 Å². The molecule has 0 fully saturated rings. The van der Waals surface area contributed by atoms with E-state index < -0.39 is 0 Å². The van der Waals surface area contributed by atoms with E-state index in [4.69, 9.17) is 6.42 Å². The normalized spacial score (nSPS) is 9.23. The second kappa shape index (κ2) is 5.21. The largest absolute Gasteiger partial charge is 0.385 e. The van der Waals surface area contributed by atoms with Gasteiger partial charge >= 0.3 is 0 Å². The molecule has 0 bridgehead atoms. The number of terminal acetylenes is 1. The predicted octanol–water partition coefficient (Wildman–Crippen LogP) is 2.22. The maximum Gasteiger partial charge on any atom is 0.0400 e. The summed E-state index contributed by atoms with van der Waals surface area (Å²) < 4.78 is 0. The highest BCUT2D eigenvalue weighted by atomic mass is 14.9. The number of nitrogens with zero attached hydrogens (tertiary/aromatic N) is 1. The van der Waals surface area contributed by atoms with Crippen LogP contribution in [-0.4, -0.2) is 11.5 Å². The van der Waals surface area contributed by atoms with Gasteiger partial charge in [0.05, 0.1) is 0 Å². The van der Waals surface area contributed by atoms with Crippen LogP contribution in [0.25, 0.3) is 0 Å². The van der Waals surface area contributed by atoms with E-state index in [9.17, 15) is 0 Å². The molecule has 0 saturated carbocycles. The second-order valence-corrected chi connectivity index (χ2v) is 2.93. The Morgan fingerprint density at radius 1 is 1.62 bits per heavy atom. The van der Waals surface area contributed by atoms with Gasteiger partial charge in [-0.3, -0.25) is 4.98 Å². The average molecular weight is 174 g/mol. The van der Waals surface area contributed by atoms with Gasteiger partial charge in [0.25, 0.3) is 0 Å². The predicted molar refractivity (Wildman–Crippen MR) is 55.5 cm³/mol. The Morgan fingerprint density at radius 2 is 2.46 bits per heavy atom. The Bertz CT molecular complexity index is 299. The SMILES string of the molecule is C#CCCCNc1ccncc1C. The number of anilines is 1. The maximum atomic E-state index is 5.15. The van der Waals surface area contributed by atoms with Crippen LogP contribution in [0.1, 0.15) is 18.4 Å². The molecule has 0 aliphatic heterocycles. The molecule has 0 amide bonds. The molecule has 0 aliphatic rings. The summed E-state index contributed by atoms with van der Waals surface area (Å²) in [6, 6.07) is 1.98. The van der Waals surface area contributed by atoms with Gasteiger partial charge in [-0.15, -0.1) is 12.3 Å². The van der Waals surface area contributed by atoms with Gasteiger partial charge in [0.15, 0.2) is 0 Å². The Hall–Kier alpha value is -1.49. The number of unbranched alkanes of at least 4 members (excludes halogenated alkanes) is 1. The van der Waals surface area contributed by atoms with Gasteiger partial charge in [-0.25, -0.2) is 0 Å². The van der Waals surface area contributed by atoms with E-state index in [1.807, 2.05) is 19.2 Å². The van der Waals surface area contributed by atoms with Gasteiger partial charge in [-0.05, 0) is 25.0 Å². The van der Waals surface area contributed by atoms with Gasteiger partial charge in [0.2, 0.25) is 0 Å². The smallest absolute Gasteiger partial charge is 0.0400 e. The molecule has 0 spiro atoms. The molecule has 0 unspecified atom stereocenters. The maximum absolute atomic E-state index is 5.15. The number of pyridine rings is 1. The number of aromatic nitrogens is 1. The second-order valence-electron chi connectivity index (χ2n) is 2.93. The fourth-order valence-electron chi connectivity index (χ4n) is 1.09. The van der Waals surface area contributed by atoms with Crippen LogP contribution in [0, 0.1) is 19.3 Å². The summed E-state index contributed by atoms with van der Waals surface area (Å²) in [5.74, 6) is 2.62. The van der Waals surface area contributed by atoms with Crippen LogP contribution >= 0.6 is 0 Å². The molecule has 1 rings (SSSR count). The van der Waals surface area contributed by atoms with Crippen LogP contribution in [0.4, 0.5) is 5.69 Å². The van der Waals surface area contributed by atoms with Gasteiger partial charge in [-0.2, -0.15) is 0 Å². The minimum Gasteiger partial charge on any atom is -0.385 e. The third kappa shape index (κ3) is 3.16. The standard InChI is InChI=1S/C11H14N2/c1-3-4-5-7-13-11-6-8-12-9-10(11)2/h1,6,8-9H,4-5,7H2,2H3,(H,12,13). The van der Waals surface area contributed by atoms with Gasteiger partial charge in [0, 0.05) is 31.0 Å². The minimum atomic E-state index is 0.830. The highest BCUT2D eigenvalue weighted by Gasteiger charge is 1.94. The lowest BCUT2D eigenvalue weighted by Crippen LogP contribution is -2.02. The lowest BCUT2D eigenvalue weighted by Gasteiger charge is -2.06. The summed E-state index contributed by atoms with van der Waals surface area (Å²) in [6.07, 6.45) is 10.6. The van der Waals surface area contributed by atoms with Crippen molar-refractivity contribution in [3.8, 4) is 12.3 Å². The summed E-state index contributed by atoms with van der Waals surface area (Å²) in [5.41, 5.74) is 2.32. The molecule has 0 saturated heterocycles.